The number of aliphatic carboxylic acids is 1. The Morgan fingerprint density at radius 2 is 1.89 bits per heavy atom. The van der Waals surface area contributed by atoms with Gasteiger partial charge in [-0.05, 0) is 33.3 Å². The molecule has 1 aromatic heterocycles. The first-order chi connectivity index (χ1) is 8.45. The molecule has 1 unspecified atom stereocenters. The maximum atomic E-state index is 10.9. The van der Waals surface area contributed by atoms with E-state index >= 15 is 0 Å². The largest absolute Gasteiger partial charge is 0.479 e. The third-order valence-corrected chi connectivity index (χ3v) is 3.53. The first-order valence-corrected chi connectivity index (χ1v) is 6.73. The molecule has 100 valence electrons. The van der Waals surface area contributed by atoms with Crippen LogP contribution in [0.25, 0.3) is 0 Å². The van der Waals surface area contributed by atoms with Gasteiger partial charge < -0.3 is 9.84 Å². The smallest absolute Gasteiger partial charge is 0.333 e. The zero-order valence-corrected chi connectivity index (χ0v) is 11.9. The fourth-order valence-corrected chi connectivity index (χ4v) is 2.29. The topological polar surface area (TPSA) is 72.3 Å². The number of aryl methyl sites for hydroxylation is 2. The second-order valence-corrected chi connectivity index (χ2v) is 4.88. The maximum absolute atomic E-state index is 10.9. The monoisotopic (exact) mass is 270 g/mol. The molecule has 0 aliphatic rings. The maximum Gasteiger partial charge on any atom is 0.333 e. The molecule has 0 spiro atoms. The van der Waals surface area contributed by atoms with Crippen LogP contribution in [0.2, 0.25) is 0 Å². The van der Waals surface area contributed by atoms with E-state index in [4.69, 9.17) is 9.84 Å². The standard InChI is InChI=1S/C12H18N2O3S/c1-5-17-10(11(15)16)6-18-12-13-8(3)7(2)9(4)14-12/h10H,5-6H2,1-4H3,(H,15,16). The number of thioether (sulfide) groups is 1. The summed E-state index contributed by atoms with van der Waals surface area (Å²) in [6.45, 7) is 7.97. The van der Waals surface area contributed by atoms with Crippen molar-refractivity contribution in [2.24, 2.45) is 0 Å². The van der Waals surface area contributed by atoms with Crippen LogP contribution in [0.3, 0.4) is 0 Å². The van der Waals surface area contributed by atoms with Crippen molar-refractivity contribution in [2.45, 2.75) is 39.0 Å². The van der Waals surface area contributed by atoms with Crippen molar-refractivity contribution < 1.29 is 14.6 Å². The van der Waals surface area contributed by atoms with Crippen LogP contribution >= 0.6 is 11.8 Å². The molecular weight excluding hydrogens is 252 g/mol. The van der Waals surface area contributed by atoms with E-state index in [9.17, 15) is 4.79 Å². The van der Waals surface area contributed by atoms with Crippen LogP contribution in [0, 0.1) is 20.8 Å². The Bertz CT molecular complexity index is 414. The molecule has 0 saturated heterocycles. The predicted molar refractivity (Wildman–Crippen MR) is 70.0 cm³/mol. The Balaban J connectivity index is 2.70. The van der Waals surface area contributed by atoms with Crippen LogP contribution < -0.4 is 0 Å². The number of aromatic nitrogens is 2. The summed E-state index contributed by atoms with van der Waals surface area (Å²) in [5.74, 6) is -0.643. The van der Waals surface area contributed by atoms with Gasteiger partial charge in [0, 0.05) is 23.7 Å². The van der Waals surface area contributed by atoms with E-state index in [0.717, 1.165) is 17.0 Å². The van der Waals surface area contributed by atoms with Crippen molar-refractivity contribution >= 4 is 17.7 Å². The molecule has 0 aromatic carbocycles. The first-order valence-electron chi connectivity index (χ1n) is 5.74. The number of carboxylic acid groups (broad SMARTS) is 1. The number of carboxylic acids is 1. The number of hydrogen-bond donors (Lipinski definition) is 1. The average molecular weight is 270 g/mol. The van der Waals surface area contributed by atoms with E-state index in [2.05, 4.69) is 9.97 Å². The molecule has 5 nitrogen and oxygen atoms in total. The molecule has 1 heterocycles. The van der Waals surface area contributed by atoms with E-state index < -0.39 is 12.1 Å². The highest BCUT2D eigenvalue weighted by Gasteiger charge is 2.18. The molecule has 0 aliphatic carbocycles. The van der Waals surface area contributed by atoms with Crippen molar-refractivity contribution in [3.05, 3.63) is 17.0 Å². The molecule has 1 atom stereocenters. The molecule has 0 bridgehead atoms. The molecule has 1 N–H and O–H groups in total. The van der Waals surface area contributed by atoms with E-state index in [1.165, 1.54) is 11.8 Å². The van der Waals surface area contributed by atoms with Crippen LogP contribution in [-0.2, 0) is 9.53 Å². The minimum atomic E-state index is -0.954. The van der Waals surface area contributed by atoms with Gasteiger partial charge in [0.2, 0.25) is 0 Å². The Kier molecular flexibility index (Phi) is 5.55. The van der Waals surface area contributed by atoms with Gasteiger partial charge in [-0.15, -0.1) is 0 Å². The van der Waals surface area contributed by atoms with Crippen LogP contribution in [0.15, 0.2) is 5.16 Å². The second-order valence-electron chi connectivity index (χ2n) is 3.90. The lowest BCUT2D eigenvalue weighted by atomic mass is 10.2. The van der Waals surface area contributed by atoms with E-state index in [1.807, 2.05) is 20.8 Å². The summed E-state index contributed by atoms with van der Waals surface area (Å²) in [5, 5.41) is 9.56. The molecule has 0 radical (unpaired) electrons. The van der Waals surface area contributed by atoms with E-state index in [0.29, 0.717) is 17.5 Å². The Morgan fingerprint density at radius 1 is 1.33 bits per heavy atom. The Hall–Kier alpha value is -1.14. The summed E-state index contributed by atoms with van der Waals surface area (Å²) in [6.07, 6.45) is -0.814. The van der Waals surface area contributed by atoms with Crippen LogP contribution in [0.1, 0.15) is 23.9 Å². The SMILES string of the molecule is CCOC(CSc1nc(C)c(C)c(C)n1)C(=O)O. The van der Waals surface area contributed by atoms with Gasteiger partial charge in [0.05, 0.1) is 0 Å². The van der Waals surface area contributed by atoms with Gasteiger partial charge in [-0.3, -0.25) is 0 Å². The Labute approximate surface area is 111 Å². The van der Waals surface area contributed by atoms with Crippen molar-refractivity contribution in [3.8, 4) is 0 Å². The number of carbonyl (C=O) groups is 1. The zero-order chi connectivity index (χ0) is 13.7. The lowest BCUT2D eigenvalue weighted by Crippen LogP contribution is -2.26. The molecule has 0 amide bonds. The van der Waals surface area contributed by atoms with Crippen molar-refractivity contribution in [3.63, 3.8) is 0 Å². The number of rotatable bonds is 6. The normalized spacial score (nSPS) is 12.4. The predicted octanol–water partition coefficient (Wildman–Crippen LogP) is 1.98. The summed E-state index contributed by atoms with van der Waals surface area (Å²) < 4.78 is 5.13. The lowest BCUT2D eigenvalue weighted by Gasteiger charge is -2.12. The quantitative estimate of drug-likeness (QED) is 0.629. The highest BCUT2D eigenvalue weighted by atomic mass is 32.2. The van der Waals surface area contributed by atoms with Gasteiger partial charge in [-0.2, -0.15) is 0 Å². The Morgan fingerprint density at radius 3 is 2.33 bits per heavy atom. The molecule has 18 heavy (non-hydrogen) atoms. The van der Waals surface area contributed by atoms with Gasteiger partial charge in [-0.1, -0.05) is 11.8 Å². The van der Waals surface area contributed by atoms with E-state index in [-0.39, 0.29) is 0 Å². The molecule has 6 heteroatoms. The van der Waals surface area contributed by atoms with Crippen LogP contribution in [0.4, 0.5) is 0 Å². The molecule has 0 saturated carbocycles. The third-order valence-electron chi connectivity index (χ3n) is 2.62. The molecule has 0 fully saturated rings. The molecule has 1 aromatic rings. The highest BCUT2D eigenvalue weighted by molar-refractivity contribution is 7.99. The van der Waals surface area contributed by atoms with Crippen molar-refractivity contribution in [1.82, 2.24) is 9.97 Å². The number of ether oxygens (including phenoxy) is 1. The van der Waals surface area contributed by atoms with Crippen LogP contribution in [-0.4, -0.2) is 39.5 Å². The fourth-order valence-electron chi connectivity index (χ4n) is 1.35. The minimum absolute atomic E-state index is 0.311. The van der Waals surface area contributed by atoms with Gasteiger partial charge >= 0.3 is 5.97 Å². The number of hydrogen-bond acceptors (Lipinski definition) is 5. The number of nitrogens with zero attached hydrogens (tertiary/aromatic N) is 2. The summed E-state index contributed by atoms with van der Waals surface area (Å²) in [7, 11) is 0. The fraction of sp³-hybridized carbons (Fsp3) is 0.583. The zero-order valence-electron chi connectivity index (χ0n) is 11.1. The van der Waals surface area contributed by atoms with Gasteiger partial charge in [-0.25, -0.2) is 14.8 Å². The molecule has 0 aliphatic heterocycles. The van der Waals surface area contributed by atoms with Gasteiger partial charge in [0.1, 0.15) is 0 Å². The second kappa shape index (κ2) is 6.70. The molecule has 1 rings (SSSR count). The average Bonchev–Trinajstić information content (AvgIpc) is 2.30. The molecular formula is C12H18N2O3S. The first kappa shape index (κ1) is 14.9. The minimum Gasteiger partial charge on any atom is -0.479 e. The van der Waals surface area contributed by atoms with E-state index in [1.54, 1.807) is 6.92 Å². The summed E-state index contributed by atoms with van der Waals surface area (Å²) >= 11 is 1.31. The highest BCUT2D eigenvalue weighted by Crippen LogP contribution is 2.18. The van der Waals surface area contributed by atoms with Crippen molar-refractivity contribution in [1.29, 1.82) is 0 Å². The summed E-state index contributed by atoms with van der Waals surface area (Å²) in [5.41, 5.74) is 2.92. The van der Waals surface area contributed by atoms with Gasteiger partial charge in [0.15, 0.2) is 11.3 Å². The van der Waals surface area contributed by atoms with Crippen LogP contribution in [0.5, 0.6) is 0 Å². The van der Waals surface area contributed by atoms with Crippen molar-refractivity contribution in [2.75, 3.05) is 12.4 Å². The summed E-state index contributed by atoms with van der Waals surface area (Å²) in [4.78, 5) is 19.6. The van der Waals surface area contributed by atoms with Gasteiger partial charge in [0.25, 0.3) is 0 Å². The summed E-state index contributed by atoms with van der Waals surface area (Å²) in [6, 6.07) is 0. The third kappa shape index (κ3) is 3.96. The lowest BCUT2D eigenvalue weighted by molar-refractivity contribution is -0.148.